The minimum absolute atomic E-state index is 0.238. The fraction of sp³-hybridized carbons (Fsp3) is 0.556. The smallest absolute Gasteiger partial charge is 0.272 e. The zero-order valence-electron chi connectivity index (χ0n) is 7.91. The van der Waals surface area contributed by atoms with Crippen molar-refractivity contribution < 1.29 is 4.74 Å². The van der Waals surface area contributed by atoms with E-state index < -0.39 is 10.9 Å². The van der Waals surface area contributed by atoms with E-state index in [1.165, 1.54) is 7.11 Å². The molecule has 0 aromatic heterocycles. The van der Waals surface area contributed by atoms with Gasteiger partial charge in [0.1, 0.15) is 5.69 Å². The summed E-state index contributed by atoms with van der Waals surface area (Å²) >= 11 is 1.86. The first-order chi connectivity index (χ1) is 6.75. The van der Waals surface area contributed by atoms with E-state index in [4.69, 9.17) is 4.74 Å². The average Bonchev–Trinajstić information content (AvgIpc) is 2.25. The number of hydrogen-bond acceptors (Lipinski definition) is 5. The van der Waals surface area contributed by atoms with Gasteiger partial charge in [0, 0.05) is 24.6 Å². The maximum absolute atomic E-state index is 11.3. The molecule has 1 heterocycles. The van der Waals surface area contributed by atoms with Crippen LogP contribution >= 0.6 is 11.8 Å². The molecule has 0 spiro atoms. The van der Waals surface area contributed by atoms with Crippen LogP contribution in [-0.2, 0) is 0 Å². The third-order valence-corrected chi connectivity index (χ3v) is 3.32. The van der Waals surface area contributed by atoms with Crippen LogP contribution in [0.4, 0.5) is 5.69 Å². The van der Waals surface area contributed by atoms with Gasteiger partial charge in [0.05, 0.1) is 7.11 Å². The summed E-state index contributed by atoms with van der Waals surface area (Å²) < 4.78 is 4.90. The van der Waals surface area contributed by atoms with Crippen molar-refractivity contribution in [1.29, 1.82) is 0 Å². The van der Waals surface area contributed by atoms with Crippen molar-refractivity contribution in [3.05, 3.63) is 20.4 Å². The number of methoxy groups -OCH3 is 1. The summed E-state index contributed by atoms with van der Waals surface area (Å²) in [5, 5.41) is 0. The predicted octanol–water partition coefficient (Wildman–Crippen LogP) is -0.156. The Morgan fingerprint density at radius 1 is 1.21 bits per heavy atom. The van der Waals surface area contributed by atoms with E-state index in [-0.39, 0.29) is 5.75 Å². The number of ether oxygens (including phenoxy) is 1. The van der Waals surface area contributed by atoms with Gasteiger partial charge in [-0.3, -0.25) is 9.59 Å². The van der Waals surface area contributed by atoms with E-state index in [2.05, 4.69) is 0 Å². The summed E-state index contributed by atoms with van der Waals surface area (Å²) in [4.78, 5) is 24.3. The van der Waals surface area contributed by atoms with E-state index in [1.807, 2.05) is 16.7 Å². The van der Waals surface area contributed by atoms with Crippen LogP contribution in [0.2, 0.25) is 0 Å². The molecule has 0 aliphatic carbocycles. The Labute approximate surface area is 85.5 Å². The fourth-order valence-electron chi connectivity index (χ4n) is 1.62. The third kappa shape index (κ3) is 1.32. The maximum atomic E-state index is 11.3. The molecular formula is C9H11NO3S. The monoisotopic (exact) mass is 213 g/mol. The van der Waals surface area contributed by atoms with Gasteiger partial charge in [0.15, 0.2) is 5.75 Å². The second kappa shape index (κ2) is 3.65. The molecule has 1 aliphatic heterocycles. The first-order valence-electron chi connectivity index (χ1n) is 4.45. The lowest BCUT2D eigenvalue weighted by Crippen LogP contribution is -2.44. The van der Waals surface area contributed by atoms with Gasteiger partial charge in [-0.2, -0.15) is 11.8 Å². The van der Waals surface area contributed by atoms with Gasteiger partial charge in [-0.05, 0) is 0 Å². The Morgan fingerprint density at radius 3 is 2.43 bits per heavy atom. The first-order valence-corrected chi connectivity index (χ1v) is 5.61. The van der Waals surface area contributed by atoms with Crippen LogP contribution < -0.4 is 20.5 Å². The summed E-state index contributed by atoms with van der Waals surface area (Å²) in [6, 6.07) is 0. The van der Waals surface area contributed by atoms with E-state index in [0.717, 1.165) is 24.6 Å². The van der Waals surface area contributed by atoms with E-state index in [0.29, 0.717) is 5.69 Å². The molecule has 0 N–H and O–H groups in total. The molecule has 0 atom stereocenters. The standard InChI is InChI=1S/C9H11NO3S/c1-13-9-6(7(11)8(9)12)10-2-4-14-5-3-10/h2-5H2,1H3. The minimum Gasteiger partial charge on any atom is -0.491 e. The molecule has 1 aromatic carbocycles. The van der Waals surface area contributed by atoms with Gasteiger partial charge in [-0.1, -0.05) is 0 Å². The summed E-state index contributed by atoms with van der Waals surface area (Å²) in [6.45, 7) is 1.65. The zero-order chi connectivity index (χ0) is 10.1. The van der Waals surface area contributed by atoms with E-state index in [9.17, 15) is 9.59 Å². The summed E-state index contributed by atoms with van der Waals surface area (Å²) in [6.07, 6.45) is 0. The SMILES string of the molecule is COc1c(N2CCSCC2)c(=O)c1=O. The Hall–Kier alpha value is -0.970. The molecule has 4 nitrogen and oxygen atoms in total. The second-order valence-electron chi connectivity index (χ2n) is 3.14. The molecule has 1 fully saturated rings. The Bertz CT molecular complexity index is 402. The second-order valence-corrected chi connectivity index (χ2v) is 4.36. The number of thioether (sulfide) groups is 1. The highest BCUT2D eigenvalue weighted by molar-refractivity contribution is 7.99. The van der Waals surface area contributed by atoms with Gasteiger partial charge in [-0.15, -0.1) is 0 Å². The fourth-order valence-corrected chi connectivity index (χ4v) is 2.53. The van der Waals surface area contributed by atoms with E-state index >= 15 is 0 Å². The van der Waals surface area contributed by atoms with Crippen molar-refractivity contribution in [3.8, 4) is 5.75 Å². The largest absolute Gasteiger partial charge is 0.491 e. The van der Waals surface area contributed by atoms with Crippen molar-refractivity contribution in [2.75, 3.05) is 36.6 Å². The van der Waals surface area contributed by atoms with Crippen molar-refractivity contribution in [2.24, 2.45) is 0 Å². The molecule has 2 rings (SSSR count). The van der Waals surface area contributed by atoms with Crippen LogP contribution in [-0.4, -0.2) is 31.7 Å². The van der Waals surface area contributed by atoms with Crippen LogP contribution in [0.3, 0.4) is 0 Å². The summed E-state index contributed by atoms with van der Waals surface area (Å²) in [7, 11) is 1.43. The highest BCUT2D eigenvalue weighted by atomic mass is 32.2. The van der Waals surface area contributed by atoms with Crippen molar-refractivity contribution in [3.63, 3.8) is 0 Å². The van der Waals surface area contributed by atoms with Gasteiger partial charge < -0.3 is 9.64 Å². The average molecular weight is 213 g/mol. The molecule has 1 aliphatic rings. The van der Waals surface area contributed by atoms with Gasteiger partial charge >= 0.3 is 0 Å². The number of rotatable bonds is 2. The zero-order valence-corrected chi connectivity index (χ0v) is 8.73. The Kier molecular flexibility index (Phi) is 2.50. The molecule has 14 heavy (non-hydrogen) atoms. The van der Waals surface area contributed by atoms with Crippen molar-refractivity contribution in [2.45, 2.75) is 0 Å². The van der Waals surface area contributed by atoms with Crippen LogP contribution in [0.15, 0.2) is 9.59 Å². The molecule has 1 aromatic rings. The highest BCUT2D eigenvalue weighted by Crippen LogP contribution is 2.24. The minimum atomic E-state index is -0.485. The van der Waals surface area contributed by atoms with Crippen LogP contribution in [0.5, 0.6) is 5.75 Å². The molecule has 0 unspecified atom stereocenters. The van der Waals surface area contributed by atoms with E-state index in [1.54, 1.807) is 0 Å². The maximum Gasteiger partial charge on any atom is 0.272 e. The predicted molar refractivity (Wildman–Crippen MR) is 57.4 cm³/mol. The summed E-state index contributed by atoms with van der Waals surface area (Å²) in [5.74, 6) is 2.24. The Morgan fingerprint density at radius 2 is 1.86 bits per heavy atom. The van der Waals surface area contributed by atoms with Crippen LogP contribution in [0.25, 0.3) is 0 Å². The normalized spacial score (nSPS) is 17.4. The highest BCUT2D eigenvalue weighted by Gasteiger charge is 2.27. The molecule has 1 saturated heterocycles. The van der Waals surface area contributed by atoms with Gasteiger partial charge in [-0.25, -0.2) is 0 Å². The summed E-state index contributed by atoms with van der Waals surface area (Å²) in [5.41, 5.74) is -0.396. The van der Waals surface area contributed by atoms with Gasteiger partial charge in [0.2, 0.25) is 0 Å². The molecule has 0 bridgehead atoms. The van der Waals surface area contributed by atoms with Crippen LogP contribution in [0.1, 0.15) is 0 Å². The lowest BCUT2D eigenvalue weighted by Gasteiger charge is -2.29. The Balaban J connectivity index is 2.27. The third-order valence-electron chi connectivity index (χ3n) is 2.37. The lowest BCUT2D eigenvalue weighted by atomic mass is 10.2. The molecule has 5 heteroatoms. The molecule has 0 radical (unpaired) electrons. The van der Waals surface area contributed by atoms with Crippen LogP contribution in [0, 0.1) is 0 Å². The molecular weight excluding hydrogens is 202 g/mol. The van der Waals surface area contributed by atoms with Crippen molar-refractivity contribution >= 4 is 17.4 Å². The first kappa shape index (κ1) is 9.58. The number of hydrogen-bond donors (Lipinski definition) is 0. The number of nitrogens with zero attached hydrogens (tertiary/aromatic N) is 1. The van der Waals surface area contributed by atoms with Crippen molar-refractivity contribution in [1.82, 2.24) is 0 Å². The lowest BCUT2D eigenvalue weighted by molar-refractivity contribution is 0.405. The molecule has 0 saturated carbocycles. The topological polar surface area (TPSA) is 46.6 Å². The molecule has 76 valence electrons. The van der Waals surface area contributed by atoms with Gasteiger partial charge in [0.25, 0.3) is 10.9 Å². The quantitative estimate of drug-likeness (QED) is 0.639. The number of anilines is 1. The molecule has 0 amide bonds.